The molecule has 0 saturated carbocycles. The molecule has 2 aromatic carbocycles. The smallest absolute Gasteiger partial charge is 0.323 e. The zero-order chi connectivity index (χ0) is 27.3. The molecule has 206 valence electrons. The van der Waals surface area contributed by atoms with Gasteiger partial charge in [-0.2, -0.15) is 15.0 Å². The first-order chi connectivity index (χ1) is 19.6. The van der Waals surface area contributed by atoms with E-state index in [0.29, 0.717) is 60.5 Å². The van der Waals surface area contributed by atoms with Crippen molar-refractivity contribution in [3.8, 4) is 21.8 Å². The van der Waals surface area contributed by atoms with Crippen molar-refractivity contribution in [2.75, 3.05) is 73.0 Å². The number of carbonyl (C=O) groups excluding carboxylic acids is 1. The molecular formula is C28H28ClN7O3S. The van der Waals surface area contributed by atoms with Gasteiger partial charge in [0.15, 0.2) is 5.82 Å². The number of hydrogen-bond acceptors (Lipinski definition) is 9. The molecule has 40 heavy (non-hydrogen) atoms. The van der Waals surface area contributed by atoms with E-state index in [9.17, 15) is 4.79 Å². The lowest BCUT2D eigenvalue weighted by Gasteiger charge is -2.30. The molecule has 2 fully saturated rings. The van der Waals surface area contributed by atoms with Gasteiger partial charge in [-0.25, -0.2) is 4.79 Å². The molecule has 0 unspecified atom stereocenters. The number of hydrogen-bond donors (Lipinski definition) is 2. The third kappa shape index (κ3) is 6.18. The Morgan fingerprint density at radius 2 is 1.40 bits per heavy atom. The number of carbonyl (C=O) groups is 1. The van der Waals surface area contributed by atoms with E-state index in [-0.39, 0.29) is 6.03 Å². The number of morpholine rings is 2. The van der Waals surface area contributed by atoms with E-state index < -0.39 is 0 Å². The molecule has 2 saturated heterocycles. The molecule has 6 rings (SSSR count). The summed E-state index contributed by atoms with van der Waals surface area (Å²) in [7, 11) is 0. The zero-order valence-corrected chi connectivity index (χ0v) is 23.2. The van der Waals surface area contributed by atoms with Crippen LogP contribution in [0.15, 0.2) is 60.0 Å². The highest BCUT2D eigenvalue weighted by atomic mass is 35.5. The Morgan fingerprint density at radius 3 is 2.00 bits per heavy atom. The summed E-state index contributed by atoms with van der Waals surface area (Å²) in [4.78, 5) is 32.4. The summed E-state index contributed by atoms with van der Waals surface area (Å²) in [6.07, 6.45) is 0. The minimum absolute atomic E-state index is 0.350. The Bertz CT molecular complexity index is 1420. The van der Waals surface area contributed by atoms with Gasteiger partial charge < -0.3 is 29.9 Å². The molecule has 2 N–H and O–H groups in total. The first kappa shape index (κ1) is 26.5. The van der Waals surface area contributed by atoms with E-state index >= 15 is 0 Å². The summed E-state index contributed by atoms with van der Waals surface area (Å²) in [5.41, 5.74) is 3.00. The monoisotopic (exact) mass is 577 g/mol. The van der Waals surface area contributed by atoms with Crippen LogP contribution in [0.5, 0.6) is 0 Å². The summed E-state index contributed by atoms with van der Waals surface area (Å²) in [5, 5.41) is 8.40. The molecule has 0 atom stereocenters. The number of nitrogens with zero attached hydrogens (tertiary/aromatic N) is 5. The fourth-order valence-electron chi connectivity index (χ4n) is 4.51. The number of anilines is 4. The first-order valence-corrected chi connectivity index (χ1v) is 14.3. The Morgan fingerprint density at radius 1 is 0.800 bits per heavy atom. The number of amides is 2. The number of rotatable bonds is 6. The van der Waals surface area contributed by atoms with Crippen LogP contribution in [-0.2, 0) is 9.47 Å². The Labute approximate surface area is 240 Å². The van der Waals surface area contributed by atoms with Crippen molar-refractivity contribution < 1.29 is 14.3 Å². The van der Waals surface area contributed by atoms with Gasteiger partial charge in [0.25, 0.3) is 0 Å². The van der Waals surface area contributed by atoms with Crippen LogP contribution in [-0.4, -0.2) is 73.6 Å². The lowest BCUT2D eigenvalue weighted by Crippen LogP contribution is -2.40. The number of halogens is 1. The number of ether oxygens (including phenoxy) is 2. The second-order valence-corrected chi connectivity index (χ2v) is 10.6. The number of nitrogens with one attached hydrogen (secondary N) is 2. The summed E-state index contributed by atoms with van der Waals surface area (Å²) < 4.78 is 11.0. The van der Waals surface area contributed by atoms with E-state index in [0.717, 1.165) is 42.2 Å². The van der Waals surface area contributed by atoms with E-state index in [1.54, 1.807) is 23.5 Å². The number of thiophene rings is 1. The van der Waals surface area contributed by atoms with Crippen molar-refractivity contribution in [2.24, 2.45) is 0 Å². The topological polar surface area (TPSA) is 105 Å². The Kier molecular flexibility index (Phi) is 8.05. The van der Waals surface area contributed by atoms with E-state index in [1.165, 1.54) is 0 Å². The quantitative estimate of drug-likeness (QED) is 0.321. The predicted octanol–water partition coefficient (Wildman–Crippen LogP) is 5.24. The molecule has 0 aliphatic carbocycles. The van der Waals surface area contributed by atoms with Gasteiger partial charge in [-0.1, -0.05) is 17.7 Å². The van der Waals surface area contributed by atoms with Gasteiger partial charge in [-0.15, -0.1) is 11.3 Å². The molecule has 4 aromatic rings. The maximum absolute atomic E-state index is 12.7. The van der Waals surface area contributed by atoms with E-state index in [2.05, 4.69) is 20.4 Å². The third-order valence-electron chi connectivity index (χ3n) is 6.61. The summed E-state index contributed by atoms with van der Waals surface area (Å²) >= 11 is 7.97. The zero-order valence-electron chi connectivity index (χ0n) is 21.7. The highest BCUT2D eigenvalue weighted by Crippen LogP contribution is 2.33. The predicted molar refractivity (Wildman–Crippen MR) is 159 cm³/mol. The second kappa shape index (κ2) is 12.2. The summed E-state index contributed by atoms with van der Waals surface area (Å²) in [5.74, 6) is 1.86. The van der Waals surface area contributed by atoms with Crippen molar-refractivity contribution >= 4 is 52.2 Å². The normalized spacial score (nSPS) is 15.6. The van der Waals surface area contributed by atoms with Gasteiger partial charge in [0.05, 0.1) is 26.4 Å². The lowest BCUT2D eigenvalue weighted by molar-refractivity contribution is 0.121. The fraction of sp³-hybridized carbons (Fsp3) is 0.286. The molecule has 4 heterocycles. The number of benzene rings is 2. The number of aromatic nitrogens is 3. The molecule has 2 amide bonds. The SMILES string of the molecule is O=C(Nc1ccc(-c2nc(N3CCOCC3)nc(N3CCOCC3)n2)cc1)Nc1ccc(Cl)c(-c2cccs2)c1. The van der Waals surface area contributed by atoms with Crippen LogP contribution in [0.3, 0.4) is 0 Å². The maximum atomic E-state index is 12.7. The molecule has 10 nitrogen and oxygen atoms in total. The molecule has 0 bridgehead atoms. The Hall–Kier alpha value is -3.77. The van der Waals surface area contributed by atoms with Crippen molar-refractivity contribution in [3.63, 3.8) is 0 Å². The molecule has 12 heteroatoms. The van der Waals surface area contributed by atoms with Crippen LogP contribution in [0.25, 0.3) is 21.8 Å². The van der Waals surface area contributed by atoms with Crippen LogP contribution in [0.1, 0.15) is 0 Å². The van der Waals surface area contributed by atoms with Gasteiger partial charge in [-0.05, 0) is 53.9 Å². The van der Waals surface area contributed by atoms with Crippen LogP contribution in [0.2, 0.25) is 5.02 Å². The van der Waals surface area contributed by atoms with E-state index in [1.807, 2.05) is 47.8 Å². The molecular weight excluding hydrogens is 550 g/mol. The molecule has 0 radical (unpaired) electrons. The maximum Gasteiger partial charge on any atom is 0.323 e. The second-order valence-electron chi connectivity index (χ2n) is 9.29. The largest absolute Gasteiger partial charge is 0.378 e. The Balaban J connectivity index is 1.18. The molecule has 2 aromatic heterocycles. The van der Waals surface area contributed by atoms with Gasteiger partial charge in [-0.3, -0.25) is 0 Å². The summed E-state index contributed by atoms with van der Waals surface area (Å²) in [6, 6.07) is 16.5. The van der Waals surface area contributed by atoms with Gasteiger partial charge in [0, 0.05) is 58.6 Å². The molecule has 0 spiro atoms. The highest BCUT2D eigenvalue weighted by Gasteiger charge is 2.21. The van der Waals surface area contributed by atoms with Crippen LogP contribution < -0.4 is 20.4 Å². The minimum Gasteiger partial charge on any atom is -0.378 e. The third-order valence-corrected chi connectivity index (χ3v) is 7.84. The first-order valence-electron chi connectivity index (χ1n) is 13.1. The summed E-state index contributed by atoms with van der Waals surface area (Å²) in [6.45, 7) is 5.48. The van der Waals surface area contributed by atoms with E-state index in [4.69, 9.17) is 36.0 Å². The average Bonchev–Trinajstić information content (AvgIpc) is 3.54. The van der Waals surface area contributed by atoms with Crippen molar-refractivity contribution in [2.45, 2.75) is 0 Å². The van der Waals surface area contributed by atoms with Crippen LogP contribution >= 0.6 is 22.9 Å². The van der Waals surface area contributed by atoms with Crippen molar-refractivity contribution in [1.29, 1.82) is 0 Å². The van der Waals surface area contributed by atoms with Crippen LogP contribution in [0.4, 0.5) is 28.1 Å². The highest BCUT2D eigenvalue weighted by molar-refractivity contribution is 7.13. The molecule has 2 aliphatic heterocycles. The van der Waals surface area contributed by atoms with Gasteiger partial charge >= 0.3 is 6.03 Å². The van der Waals surface area contributed by atoms with Gasteiger partial charge in [0.2, 0.25) is 11.9 Å². The minimum atomic E-state index is -0.350. The van der Waals surface area contributed by atoms with Crippen molar-refractivity contribution in [3.05, 3.63) is 65.0 Å². The fourth-order valence-corrected chi connectivity index (χ4v) is 5.54. The molecule has 2 aliphatic rings. The van der Waals surface area contributed by atoms with Gasteiger partial charge in [0.1, 0.15) is 0 Å². The van der Waals surface area contributed by atoms with Crippen LogP contribution in [0, 0.1) is 0 Å². The van der Waals surface area contributed by atoms with Crippen molar-refractivity contribution in [1.82, 2.24) is 15.0 Å². The average molecular weight is 578 g/mol. The standard InChI is InChI=1S/C28H28ClN7O3S/c29-23-8-7-21(18-22(23)24-2-1-17-40-24)31-28(37)30-20-5-3-19(4-6-20)25-32-26(35-9-13-38-14-10-35)34-27(33-25)36-11-15-39-16-12-36/h1-8,17-18H,9-16H2,(H2,30,31,37). The lowest BCUT2D eigenvalue weighted by atomic mass is 10.1. The number of urea groups is 1.